The van der Waals surface area contributed by atoms with Gasteiger partial charge in [0.25, 0.3) is 0 Å². The largest absolute Gasteiger partial charge is 0.369 e. The highest BCUT2D eigenvalue weighted by molar-refractivity contribution is 5.81. The number of likely N-dealkylation sites (tertiary alicyclic amines) is 1. The lowest BCUT2D eigenvalue weighted by molar-refractivity contribution is -0.123. The van der Waals surface area contributed by atoms with Crippen molar-refractivity contribution in [2.24, 2.45) is 11.7 Å². The third kappa shape index (κ3) is 3.28. The Morgan fingerprint density at radius 2 is 2.13 bits per heavy atom. The first-order valence-electron chi connectivity index (χ1n) is 7.71. The van der Waals surface area contributed by atoms with E-state index in [1.165, 1.54) is 0 Å². The summed E-state index contributed by atoms with van der Waals surface area (Å²) in [5.41, 5.74) is 7.84. The van der Waals surface area contributed by atoms with Gasteiger partial charge in [-0.3, -0.25) is 4.79 Å². The quantitative estimate of drug-likeness (QED) is 0.896. The van der Waals surface area contributed by atoms with E-state index < -0.39 is 0 Å². The zero-order chi connectivity index (χ0) is 16.4. The van der Waals surface area contributed by atoms with E-state index in [4.69, 9.17) is 10.3 Å². The Hall–Kier alpha value is -2.57. The number of nitrogens with one attached hydrogen (secondary N) is 1. The molecule has 0 radical (unpaired) electrons. The number of aromatic nitrogens is 1. The summed E-state index contributed by atoms with van der Waals surface area (Å²) in [5, 5.41) is 7.79. The van der Waals surface area contributed by atoms with Crippen molar-refractivity contribution in [2.75, 3.05) is 13.1 Å². The van der Waals surface area contributed by atoms with Gasteiger partial charge in [-0.05, 0) is 31.9 Å². The molecule has 1 aromatic heterocycles. The second-order valence-electron chi connectivity index (χ2n) is 5.95. The van der Waals surface area contributed by atoms with E-state index in [-0.39, 0.29) is 17.9 Å². The zero-order valence-electron chi connectivity index (χ0n) is 13.0. The number of carbonyl (C=O) groups is 2. The van der Waals surface area contributed by atoms with Crippen molar-refractivity contribution in [3.8, 4) is 0 Å². The van der Waals surface area contributed by atoms with Crippen LogP contribution in [0.15, 0.2) is 22.7 Å². The first kappa shape index (κ1) is 15.3. The maximum absolute atomic E-state index is 12.2. The number of piperidine rings is 1. The summed E-state index contributed by atoms with van der Waals surface area (Å²) in [6.07, 6.45) is 1.24. The summed E-state index contributed by atoms with van der Waals surface area (Å²) < 4.78 is 5.26. The molecule has 0 bridgehead atoms. The van der Waals surface area contributed by atoms with Gasteiger partial charge >= 0.3 is 6.03 Å². The Morgan fingerprint density at radius 3 is 2.83 bits per heavy atom. The fourth-order valence-electron chi connectivity index (χ4n) is 2.87. The Morgan fingerprint density at radius 1 is 1.39 bits per heavy atom. The van der Waals surface area contributed by atoms with Crippen molar-refractivity contribution in [1.82, 2.24) is 15.4 Å². The van der Waals surface area contributed by atoms with Crippen LogP contribution in [0.4, 0.5) is 4.79 Å². The van der Waals surface area contributed by atoms with E-state index in [9.17, 15) is 9.59 Å². The van der Waals surface area contributed by atoms with Crippen LogP contribution in [0.2, 0.25) is 0 Å². The second kappa shape index (κ2) is 6.28. The van der Waals surface area contributed by atoms with Crippen LogP contribution in [0, 0.1) is 12.8 Å². The summed E-state index contributed by atoms with van der Waals surface area (Å²) in [7, 11) is 0. The monoisotopic (exact) mass is 316 g/mol. The van der Waals surface area contributed by atoms with Crippen LogP contribution in [0.3, 0.4) is 0 Å². The van der Waals surface area contributed by atoms with Crippen molar-refractivity contribution in [3.05, 3.63) is 29.5 Å². The topological polar surface area (TPSA) is 101 Å². The van der Waals surface area contributed by atoms with Gasteiger partial charge in [0.05, 0.1) is 6.54 Å². The third-order valence-electron chi connectivity index (χ3n) is 4.29. The van der Waals surface area contributed by atoms with Gasteiger partial charge in [0.2, 0.25) is 5.91 Å². The summed E-state index contributed by atoms with van der Waals surface area (Å²) in [4.78, 5) is 25.1. The Labute approximate surface area is 133 Å². The SMILES string of the molecule is Cc1ccc2onc(CNC(=O)N3CCC(C(N)=O)CC3)c2c1. The van der Waals surface area contributed by atoms with Crippen molar-refractivity contribution in [1.29, 1.82) is 0 Å². The molecule has 122 valence electrons. The molecule has 0 atom stereocenters. The number of hydrogen-bond donors (Lipinski definition) is 2. The molecule has 0 spiro atoms. The lowest BCUT2D eigenvalue weighted by atomic mass is 9.96. The predicted molar refractivity (Wildman–Crippen MR) is 84.5 cm³/mol. The van der Waals surface area contributed by atoms with Gasteiger partial charge in [0.15, 0.2) is 5.58 Å². The molecule has 0 unspecified atom stereocenters. The number of nitrogens with zero attached hydrogens (tertiary/aromatic N) is 2. The minimum Gasteiger partial charge on any atom is -0.369 e. The number of aryl methyl sites for hydroxylation is 1. The number of benzene rings is 1. The summed E-state index contributed by atoms with van der Waals surface area (Å²) in [5.74, 6) is -0.406. The fraction of sp³-hybridized carbons (Fsp3) is 0.438. The Bertz CT molecular complexity index is 732. The fourth-order valence-corrected chi connectivity index (χ4v) is 2.87. The standard InChI is InChI=1S/C16H20N4O3/c1-10-2-3-14-12(8-10)13(19-23-14)9-18-16(22)20-6-4-11(5-7-20)15(17)21/h2-3,8,11H,4-7,9H2,1H3,(H2,17,21)(H,18,22). The highest BCUT2D eigenvalue weighted by Crippen LogP contribution is 2.20. The molecule has 7 nitrogen and oxygen atoms in total. The molecule has 23 heavy (non-hydrogen) atoms. The van der Waals surface area contributed by atoms with E-state index in [1.807, 2.05) is 25.1 Å². The van der Waals surface area contributed by atoms with E-state index in [0.29, 0.717) is 43.8 Å². The van der Waals surface area contributed by atoms with Gasteiger partial charge in [-0.15, -0.1) is 0 Å². The molecule has 7 heteroatoms. The molecule has 0 aliphatic carbocycles. The van der Waals surface area contributed by atoms with Crippen molar-refractivity contribution in [3.63, 3.8) is 0 Å². The molecule has 2 aromatic rings. The molecule has 1 aliphatic rings. The lowest BCUT2D eigenvalue weighted by Crippen LogP contribution is -2.46. The van der Waals surface area contributed by atoms with Crippen LogP contribution >= 0.6 is 0 Å². The molecule has 3 N–H and O–H groups in total. The molecule has 3 rings (SSSR count). The summed E-state index contributed by atoms with van der Waals surface area (Å²) in [6, 6.07) is 5.67. The number of amides is 3. The third-order valence-corrected chi connectivity index (χ3v) is 4.29. The first-order valence-corrected chi connectivity index (χ1v) is 7.71. The minimum absolute atomic E-state index is 0.124. The lowest BCUT2D eigenvalue weighted by Gasteiger charge is -2.30. The molecule has 2 heterocycles. The second-order valence-corrected chi connectivity index (χ2v) is 5.95. The van der Waals surface area contributed by atoms with Crippen LogP contribution in [-0.4, -0.2) is 35.1 Å². The summed E-state index contributed by atoms with van der Waals surface area (Å²) >= 11 is 0. The van der Waals surface area contributed by atoms with Gasteiger partial charge in [0, 0.05) is 24.4 Å². The Balaban J connectivity index is 1.58. The number of rotatable bonds is 3. The number of hydrogen-bond acceptors (Lipinski definition) is 4. The van der Waals surface area contributed by atoms with Crippen molar-refractivity contribution >= 4 is 22.9 Å². The predicted octanol–water partition coefficient (Wildman–Crippen LogP) is 1.54. The smallest absolute Gasteiger partial charge is 0.317 e. The van der Waals surface area contributed by atoms with Crippen LogP contribution in [0.1, 0.15) is 24.1 Å². The highest BCUT2D eigenvalue weighted by atomic mass is 16.5. The van der Waals surface area contributed by atoms with E-state index in [1.54, 1.807) is 4.90 Å². The average molecular weight is 316 g/mol. The maximum Gasteiger partial charge on any atom is 0.317 e. The van der Waals surface area contributed by atoms with Gasteiger partial charge in [0.1, 0.15) is 5.69 Å². The molecule has 1 aromatic carbocycles. The number of carbonyl (C=O) groups excluding carboxylic acids is 2. The summed E-state index contributed by atoms with van der Waals surface area (Å²) in [6.45, 7) is 3.39. The molecule has 1 aliphatic heterocycles. The first-order chi connectivity index (χ1) is 11.0. The molecule has 0 saturated carbocycles. The zero-order valence-corrected chi connectivity index (χ0v) is 13.0. The molecule has 1 saturated heterocycles. The van der Waals surface area contributed by atoms with E-state index >= 15 is 0 Å². The minimum atomic E-state index is -0.283. The van der Waals surface area contributed by atoms with Crippen LogP contribution in [0.25, 0.3) is 11.0 Å². The molecule has 3 amide bonds. The number of primary amides is 1. The van der Waals surface area contributed by atoms with Crippen LogP contribution in [-0.2, 0) is 11.3 Å². The van der Waals surface area contributed by atoms with E-state index in [0.717, 1.165) is 10.9 Å². The van der Waals surface area contributed by atoms with Crippen molar-refractivity contribution in [2.45, 2.75) is 26.3 Å². The normalized spacial score (nSPS) is 15.8. The van der Waals surface area contributed by atoms with Gasteiger partial charge in [-0.25, -0.2) is 4.79 Å². The average Bonchev–Trinajstić information content (AvgIpc) is 2.95. The number of fused-ring (bicyclic) bond motifs is 1. The molecular weight excluding hydrogens is 296 g/mol. The van der Waals surface area contributed by atoms with Gasteiger partial charge in [-0.2, -0.15) is 0 Å². The maximum atomic E-state index is 12.2. The van der Waals surface area contributed by atoms with Gasteiger partial charge in [-0.1, -0.05) is 16.8 Å². The van der Waals surface area contributed by atoms with Crippen LogP contribution < -0.4 is 11.1 Å². The van der Waals surface area contributed by atoms with Gasteiger partial charge < -0.3 is 20.5 Å². The molecule has 1 fully saturated rings. The molecular formula is C16H20N4O3. The highest BCUT2D eigenvalue weighted by Gasteiger charge is 2.25. The van der Waals surface area contributed by atoms with Crippen LogP contribution in [0.5, 0.6) is 0 Å². The number of urea groups is 1. The Kier molecular flexibility index (Phi) is 4.18. The van der Waals surface area contributed by atoms with Crippen molar-refractivity contribution < 1.29 is 14.1 Å². The van der Waals surface area contributed by atoms with E-state index in [2.05, 4.69) is 10.5 Å². The number of nitrogens with two attached hydrogens (primary N) is 1.